The topological polar surface area (TPSA) is 367 Å². The van der Waals surface area contributed by atoms with E-state index in [1.807, 2.05) is 0 Å². The lowest BCUT2D eigenvalue weighted by molar-refractivity contribution is -0.136. The molecule has 2 aromatic carbocycles. The first-order valence-electron chi connectivity index (χ1n) is 32.2. The van der Waals surface area contributed by atoms with Gasteiger partial charge < -0.3 is 30.9 Å². The molecule has 28 nitrogen and oxygen atoms in total. The van der Waals surface area contributed by atoms with Gasteiger partial charge in [0.05, 0.1) is 58.1 Å². The molecule has 3 amide bonds. The van der Waals surface area contributed by atoms with Crippen LogP contribution in [0.1, 0.15) is 121 Å². The first kappa shape index (κ1) is 71.9. The molecule has 15 rings (SSSR count). The lowest BCUT2D eigenvalue weighted by Crippen LogP contribution is -2.36. The number of carbonyl (C=O) groups is 3. The highest BCUT2D eigenvalue weighted by atomic mass is 19.4. The van der Waals surface area contributed by atoms with E-state index in [1.54, 1.807) is 52.8 Å². The molecule has 0 saturated heterocycles. The van der Waals surface area contributed by atoms with E-state index in [9.17, 15) is 77.1 Å². The lowest BCUT2D eigenvalue weighted by Gasteiger charge is -2.22. The molecular formula is C67H55F11N22O6. The van der Waals surface area contributed by atoms with Crippen LogP contribution in [0.2, 0.25) is 0 Å². The van der Waals surface area contributed by atoms with Gasteiger partial charge >= 0.3 is 18.5 Å². The van der Waals surface area contributed by atoms with Crippen molar-refractivity contribution < 1.29 is 62.7 Å². The summed E-state index contributed by atoms with van der Waals surface area (Å²) in [6.45, 7) is 7.80. The number of alkyl halides is 9. The molecule has 546 valence electrons. The lowest BCUT2D eigenvalue weighted by atomic mass is 9.77. The molecule has 6 N–H and O–H groups in total. The number of H-pyrrole nitrogens is 3. The number of carbonyl (C=O) groups excluding carboxylic acids is 3. The fraction of sp³-hybridized carbons (Fsp3) is 0.299. The van der Waals surface area contributed by atoms with Crippen molar-refractivity contribution in [3.8, 4) is 34.6 Å². The number of anilines is 3. The van der Waals surface area contributed by atoms with Gasteiger partial charge in [0, 0.05) is 25.5 Å². The Labute approximate surface area is 586 Å². The van der Waals surface area contributed by atoms with E-state index in [1.165, 1.54) is 93.7 Å². The van der Waals surface area contributed by atoms with Crippen LogP contribution in [-0.2, 0) is 49.9 Å². The normalized spacial score (nSPS) is 17.5. The van der Waals surface area contributed by atoms with Crippen LogP contribution >= 0.6 is 0 Å². The molecule has 3 unspecified atom stereocenters. The third-order valence-corrected chi connectivity index (χ3v) is 18.3. The molecule has 12 aromatic rings. The third-order valence-electron chi connectivity index (χ3n) is 18.3. The van der Waals surface area contributed by atoms with Crippen molar-refractivity contribution in [2.45, 2.75) is 127 Å². The van der Waals surface area contributed by atoms with Crippen LogP contribution in [-0.4, -0.2) is 130 Å². The second kappa shape index (κ2) is 27.0. The molecule has 3 aliphatic heterocycles. The highest BCUT2D eigenvalue weighted by Crippen LogP contribution is 2.44. The summed E-state index contributed by atoms with van der Waals surface area (Å²) in [5.41, 5.74) is -1.73. The Morgan fingerprint density at radius 1 is 0.425 bits per heavy atom. The molecular weight excluding hydrogens is 1420 g/mol. The first-order chi connectivity index (χ1) is 50.1. The van der Waals surface area contributed by atoms with Gasteiger partial charge in [-0.2, -0.15) is 54.8 Å². The van der Waals surface area contributed by atoms with Crippen LogP contribution in [0.25, 0.3) is 51.5 Å². The second-order valence-corrected chi connectivity index (χ2v) is 25.5. The average molecular weight is 1470 g/mol. The fourth-order valence-electron chi connectivity index (χ4n) is 12.7. The maximum Gasteiger partial charge on any atom is 0.389 e. The minimum atomic E-state index is -4.30. The first-order valence-corrected chi connectivity index (χ1v) is 32.2. The van der Waals surface area contributed by atoms with E-state index in [0.717, 1.165) is 0 Å². The number of aromatic nitrogens is 19. The van der Waals surface area contributed by atoms with E-state index in [-0.39, 0.29) is 136 Å². The highest BCUT2D eigenvalue weighted by Gasteiger charge is 2.51. The molecule has 10 aromatic heterocycles. The summed E-state index contributed by atoms with van der Waals surface area (Å²) in [4.78, 5) is 129. The van der Waals surface area contributed by atoms with Crippen LogP contribution in [0.4, 0.5) is 65.7 Å². The largest absolute Gasteiger partial charge is 0.389 e. The number of hydrogen-bond acceptors (Lipinski definition) is 19. The summed E-state index contributed by atoms with van der Waals surface area (Å²) in [6, 6.07) is 13.4. The van der Waals surface area contributed by atoms with Crippen molar-refractivity contribution in [2.75, 3.05) is 16.0 Å². The van der Waals surface area contributed by atoms with Crippen molar-refractivity contribution in [3.63, 3.8) is 0 Å². The van der Waals surface area contributed by atoms with Crippen LogP contribution in [0.5, 0.6) is 0 Å². The van der Waals surface area contributed by atoms with E-state index in [4.69, 9.17) is 0 Å². The van der Waals surface area contributed by atoms with Gasteiger partial charge in [-0.3, -0.25) is 33.8 Å². The monoisotopic (exact) mass is 1470 g/mol. The SMILES string of the molecule is CC1(c2ccccn2)C(=O)Nc2nc(-c3cn4ncnc4c(CCCC(F)(F)F)n3)[nH]c(=O)c21.Cc1cc(C2(C)C(=O)Nc3nc(-c4cn5ncnc5c(CCCC(F)(F)F)n4)[nH]c(=O)c32)ccc1F.Cc1cc(C2(C)C(=O)Nc3nc(-c4cn5ncnc5c(CCCC(F)(F)F)n4)[nH]c(=O)c32)ccc1F. The molecule has 0 fully saturated rings. The van der Waals surface area contributed by atoms with Gasteiger partial charge in [-0.15, -0.1) is 0 Å². The summed E-state index contributed by atoms with van der Waals surface area (Å²) in [5, 5.41) is 20.0. The number of aromatic amines is 3. The second-order valence-electron chi connectivity index (χ2n) is 25.5. The number of halogens is 11. The molecule has 106 heavy (non-hydrogen) atoms. The van der Waals surface area contributed by atoms with Gasteiger partial charge in [-0.25, -0.2) is 67.2 Å². The zero-order chi connectivity index (χ0) is 75.7. The van der Waals surface area contributed by atoms with Gasteiger partial charge in [0.25, 0.3) is 16.7 Å². The summed E-state index contributed by atoms with van der Waals surface area (Å²) in [6.07, 6.45) is -6.90. The van der Waals surface area contributed by atoms with E-state index in [0.29, 0.717) is 33.6 Å². The summed E-state index contributed by atoms with van der Waals surface area (Å²) < 4.78 is 145. The number of nitrogens with one attached hydrogen (secondary N) is 6. The minimum Gasteiger partial charge on any atom is -0.309 e. The Balaban J connectivity index is 0.000000141. The van der Waals surface area contributed by atoms with Crippen LogP contribution in [0.3, 0.4) is 0 Å². The molecule has 3 aliphatic rings. The number of aryl methyl sites for hydroxylation is 5. The number of hydrogen-bond donors (Lipinski definition) is 6. The number of rotatable bonds is 15. The van der Waals surface area contributed by atoms with E-state index < -0.39 is 100 Å². The number of benzene rings is 2. The Morgan fingerprint density at radius 3 is 1.07 bits per heavy atom. The number of fused-ring (bicyclic) bond motifs is 6. The maximum atomic E-state index is 13.8. The molecule has 0 aliphatic carbocycles. The quantitative estimate of drug-likeness (QED) is 0.0520. The van der Waals surface area contributed by atoms with Crippen LogP contribution in [0.15, 0.2) is 113 Å². The predicted molar refractivity (Wildman–Crippen MR) is 353 cm³/mol. The minimum absolute atomic E-state index is 0.000794. The van der Waals surface area contributed by atoms with Crippen LogP contribution < -0.4 is 32.6 Å². The maximum absolute atomic E-state index is 13.8. The summed E-state index contributed by atoms with van der Waals surface area (Å²) in [7, 11) is 0. The van der Waals surface area contributed by atoms with Crippen molar-refractivity contribution in [1.29, 1.82) is 0 Å². The number of pyridine rings is 1. The Bertz CT molecular complexity index is 5480. The Kier molecular flexibility index (Phi) is 18.3. The third kappa shape index (κ3) is 13.6. The average Bonchev–Trinajstić information content (AvgIpc) is 1.56. The smallest absolute Gasteiger partial charge is 0.309 e. The predicted octanol–water partition coefficient (Wildman–Crippen LogP) is 9.34. The highest BCUT2D eigenvalue weighted by molar-refractivity contribution is 6.09. The molecule has 0 bridgehead atoms. The number of amides is 3. The summed E-state index contributed by atoms with van der Waals surface area (Å²) in [5.74, 6) is -2.24. The number of nitrogens with zero attached hydrogens (tertiary/aromatic N) is 16. The molecule has 0 radical (unpaired) electrons. The van der Waals surface area contributed by atoms with Crippen LogP contribution in [0, 0.1) is 25.5 Å². The zero-order valence-corrected chi connectivity index (χ0v) is 55.9. The molecule has 3 atom stereocenters. The molecule has 0 saturated carbocycles. The van der Waals surface area contributed by atoms with Crippen molar-refractivity contribution >= 4 is 52.1 Å². The van der Waals surface area contributed by atoms with Gasteiger partial charge in [0.15, 0.2) is 34.4 Å². The van der Waals surface area contributed by atoms with Crippen molar-refractivity contribution in [1.82, 2.24) is 93.6 Å². The Morgan fingerprint density at radius 2 is 0.755 bits per heavy atom. The summed E-state index contributed by atoms with van der Waals surface area (Å²) >= 11 is 0. The van der Waals surface area contributed by atoms with Crippen molar-refractivity contribution in [2.24, 2.45) is 0 Å². The van der Waals surface area contributed by atoms with E-state index in [2.05, 4.69) is 96.0 Å². The molecule has 13 heterocycles. The van der Waals surface area contributed by atoms with Gasteiger partial charge in [0.2, 0.25) is 17.7 Å². The van der Waals surface area contributed by atoms with Gasteiger partial charge in [0.1, 0.15) is 81.4 Å². The zero-order valence-electron chi connectivity index (χ0n) is 55.9. The Hall–Kier alpha value is -12.5. The fourth-order valence-corrected chi connectivity index (χ4v) is 12.7. The molecule has 39 heteroatoms. The molecule has 0 spiro atoms. The van der Waals surface area contributed by atoms with E-state index >= 15 is 0 Å². The van der Waals surface area contributed by atoms with Crippen molar-refractivity contribution in [3.05, 3.63) is 203 Å². The van der Waals surface area contributed by atoms with Gasteiger partial charge in [-0.05, 0) is 120 Å². The standard InChI is InChI=1S/2C23H19F4N7O2.C21H17F3N8O2/c2*1-11-8-12(5-6-13(11)24)22(2)16-18(33-21(22)36)31-17(32-20(16)35)15-9-34-19(28-10-29-34)14(30-15)4-3-7-23(25,26)27;1-20(13-6-2-3-8-25-13)14-16(31-19(20)34)29-15(30-18(14)33)12-9-32-17(26-10-27-32)11(28-12)5-4-7-21(22,23)24/h2*5-6,8-10H,3-4,7H2,1-2H3,(H2,31,32,33,35,36);2-3,6,8-10H,4-5,7H2,1H3,(H2,29,30,31,33,34). The van der Waals surface area contributed by atoms with Gasteiger partial charge in [-0.1, -0.05) is 30.3 Å².